The normalized spacial score (nSPS) is 13.8. The molecule has 2 atom stereocenters. The first-order valence-corrected chi connectivity index (χ1v) is 43.5. The van der Waals surface area contributed by atoms with Crippen molar-refractivity contribution in [1.29, 1.82) is 0 Å². The molecule has 0 saturated carbocycles. The van der Waals surface area contributed by atoms with E-state index in [0.717, 1.165) is 122 Å². The lowest BCUT2D eigenvalue weighted by Gasteiger charge is -2.28. The van der Waals surface area contributed by atoms with E-state index < -0.39 is 26.5 Å². The van der Waals surface area contributed by atoms with Gasteiger partial charge in [0.25, 0.3) is 7.82 Å². The summed E-state index contributed by atoms with van der Waals surface area (Å²) in [6.07, 6.45) is 118. The number of carbonyl (C=O) groups excluding carboxylic acids is 2. The Morgan fingerprint density at radius 3 is 0.842 bits per heavy atom. The molecule has 0 fully saturated rings. The third kappa shape index (κ3) is 84.7. The van der Waals surface area contributed by atoms with Gasteiger partial charge in [-0.05, 0) is 103 Å². The van der Waals surface area contributed by atoms with Crippen molar-refractivity contribution >= 4 is 19.8 Å². The van der Waals surface area contributed by atoms with Crippen LogP contribution in [0.25, 0.3) is 0 Å². The Morgan fingerprint density at radius 2 is 0.564 bits per heavy atom. The van der Waals surface area contributed by atoms with E-state index in [4.69, 9.17) is 18.5 Å². The first-order chi connectivity index (χ1) is 49.5. The largest absolute Gasteiger partial charge is 0.756 e. The van der Waals surface area contributed by atoms with E-state index in [1.807, 2.05) is 21.1 Å². The molecule has 0 heterocycles. The lowest BCUT2D eigenvalue weighted by atomic mass is 10.0. The minimum Gasteiger partial charge on any atom is -0.756 e. The van der Waals surface area contributed by atoms with E-state index >= 15 is 0 Å². The molecule has 0 aliphatic rings. The molecule has 9 nitrogen and oxygen atoms in total. The summed E-state index contributed by atoms with van der Waals surface area (Å²) < 4.78 is 34.4. The van der Waals surface area contributed by atoms with Gasteiger partial charge in [0.15, 0.2) is 6.10 Å². The summed E-state index contributed by atoms with van der Waals surface area (Å²) >= 11 is 0. The second-order valence-corrected chi connectivity index (χ2v) is 30.5. The van der Waals surface area contributed by atoms with Crippen molar-refractivity contribution in [2.45, 2.75) is 373 Å². The van der Waals surface area contributed by atoms with Gasteiger partial charge in [0.2, 0.25) is 0 Å². The number of quaternary nitrogens is 1. The number of esters is 2. The average Bonchev–Trinajstić information content (AvgIpc) is 1.02. The van der Waals surface area contributed by atoms with Gasteiger partial charge in [-0.25, -0.2) is 0 Å². The van der Waals surface area contributed by atoms with Gasteiger partial charge in [0.05, 0.1) is 27.7 Å². The second-order valence-electron chi connectivity index (χ2n) is 29.1. The van der Waals surface area contributed by atoms with Crippen molar-refractivity contribution in [3.63, 3.8) is 0 Å². The maximum atomic E-state index is 12.9. The van der Waals surface area contributed by atoms with Crippen molar-refractivity contribution in [1.82, 2.24) is 0 Å². The number of carbonyl (C=O) groups is 2. The van der Waals surface area contributed by atoms with Crippen molar-refractivity contribution < 1.29 is 42.1 Å². The summed E-state index contributed by atoms with van der Waals surface area (Å²) in [5, 5.41) is 0. The molecule has 0 aliphatic heterocycles. The summed E-state index contributed by atoms with van der Waals surface area (Å²) in [6.45, 7) is 4.13. The van der Waals surface area contributed by atoms with Crippen molar-refractivity contribution in [3.05, 3.63) is 146 Å². The number of unbranched alkanes of at least 4 members (excludes halogenated alkanes) is 39. The number of ether oxygens (including phenoxy) is 2. The smallest absolute Gasteiger partial charge is 0.306 e. The van der Waals surface area contributed by atoms with Crippen LogP contribution in [0.5, 0.6) is 0 Å². The lowest BCUT2D eigenvalue weighted by Crippen LogP contribution is -2.37. The maximum Gasteiger partial charge on any atom is 0.306 e. The highest BCUT2D eigenvalue weighted by molar-refractivity contribution is 7.45. The number of rotatable bonds is 77. The quantitative estimate of drug-likeness (QED) is 0.0195. The van der Waals surface area contributed by atoms with Gasteiger partial charge in [0, 0.05) is 12.8 Å². The lowest BCUT2D eigenvalue weighted by molar-refractivity contribution is -0.870. The minimum absolute atomic E-state index is 0.0416. The molecule has 10 heteroatoms. The molecule has 0 amide bonds. The van der Waals surface area contributed by atoms with Crippen molar-refractivity contribution in [2.75, 3.05) is 47.5 Å². The van der Waals surface area contributed by atoms with Gasteiger partial charge in [-0.1, -0.05) is 397 Å². The molecule has 0 aliphatic carbocycles. The number of allylic oxidation sites excluding steroid dienone is 24. The Bertz CT molecular complexity index is 2220. The molecule has 580 valence electrons. The third-order valence-corrected chi connectivity index (χ3v) is 19.1. The third-order valence-electron chi connectivity index (χ3n) is 18.1. The Morgan fingerprint density at radius 1 is 0.317 bits per heavy atom. The van der Waals surface area contributed by atoms with Gasteiger partial charge in [-0.2, -0.15) is 0 Å². The summed E-state index contributed by atoms with van der Waals surface area (Å²) in [6, 6.07) is 0. The van der Waals surface area contributed by atoms with Crippen LogP contribution >= 0.6 is 7.82 Å². The monoisotopic (exact) mass is 1420 g/mol. The average molecular weight is 1430 g/mol. The summed E-state index contributed by atoms with van der Waals surface area (Å²) in [4.78, 5) is 38.2. The van der Waals surface area contributed by atoms with Crippen molar-refractivity contribution in [3.8, 4) is 0 Å². The van der Waals surface area contributed by atoms with E-state index in [0.29, 0.717) is 17.4 Å². The molecule has 0 bridgehead atoms. The van der Waals surface area contributed by atoms with Crippen LogP contribution in [0.4, 0.5) is 0 Å². The fraction of sp³-hybridized carbons (Fsp3) is 0.714. The number of nitrogens with zero attached hydrogens (tertiary/aromatic N) is 1. The maximum absolute atomic E-state index is 12.9. The number of phosphoric ester groups is 1. The Labute approximate surface area is 624 Å². The predicted molar refractivity (Wildman–Crippen MR) is 438 cm³/mol. The molecule has 0 saturated heterocycles. The zero-order valence-electron chi connectivity index (χ0n) is 66.3. The zero-order chi connectivity index (χ0) is 73.3. The molecular weight excluding hydrogens is 1270 g/mol. The molecule has 2 unspecified atom stereocenters. The summed E-state index contributed by atoms with van der Waals surface area (Å²) in [5.41, 5.74) is 0. The van der Waals surface area contributed by atoms with Crippen LogP contribution in [-0.2, 0) is 32.7 Å². The zero-order valence-corrected chi connectivity index (χ0v) is 67.2. The summed E-state index contributed by atoms with van der Waals surface area (Å²) in [5.74, 6) is -0.858. The predicted octanol–water partition coefficient (Wildman–Crippen LogP) is 27.8. The Hall–Kier alpha value is -4.11. The van der Waals surface area contributed by atoms with E-state index in [2.05, 4.69) is 160 Å². The molecule has 0 N–H and O–H groups in total. The van der Waals surface area contributed by atoms with Crippen LogP contribution in [0.1, 0.15) is 367 Å². The van der Waals surface area contributed by atoms with E-state index in [9.17, 15) is 19.0 Å². The van der Waals surface area contributed by atoms with E-state index in [1.165, 1.54) is 212 Å². The molecule has 0 aromatic carbocycles. The fourth-order valence-corrected chi connectivity index (χ4v) is 12.5. The van der Waals surface area contributed by atoms with Gasteiger partial charge >= 0.3 is 11.9 Å². The topological polar surface area (TPSA) is 111 Å². The van der Waals surface area contributed by atoms with Crippen LogP contribution in [0.2, 0.25) is 0 Å². The minimum atomic E-state index is -4.66. The second kappa shape index (κ2) is 80.0. The van der Waals surface area contributed by atoms with Gasteiger partial charge < -0.3 is 27.9 Å². The summed E-state index contributed by atoms with van der Waals surface area (Å²) in [7, 11) is 1.14. The highest BCUT2D eigenvalue weighted by Crippen LogP contribution is 2.38. The van der Waals surface area contributed by atoms with Gasteiger partial charge in [-0.15, -0.1) is 0 Å². The van der Waals surface area contributed by atoms with E-state index in [1.54, 1.807) is 0 Å². The SMILES string of the molecule is CC/C=C\C/C=C\C/C=C\C/C=C\C/C=C\C/C=C\C/C=C\C/C=C\C/C=C\C/C=C\C/C=C\C/C=C\CCCCCCC(=O)OC(COC(=O)CCCCCCCCCCCCCCCCCCCCCCCCCCCCCCCCCCCCCC)COP(=O)([O-])OCC[N+](C)(C)C. The highest BCUT2D eigenvalue weighted by Gasteiger charge is 2.22. The fourth-order valence-electron chi connectivity index (χ4n) is 11.8. The Kier molecular flexibility index (Phi) is 76.7. The molecular formula is C91H158NO8P. The molecule has 0 rings (SSSR count). The van der Waals surface area contributed by atoms with Crippen LogP contribution in [0.3, 0.4) is 0 Å². The van der Waals surface area contributed by atoms with Gasteiger partial charge in [-0.3, -0.25) is 14.2 Å². The number of hydrogen-bond acceptors (Lipinski definition) is 8. The number of likely N-dealkylation sites (N-methyl/N-ethyl adjacent to an activating group) is 1. The number of phosphoric acid groups is 1. The first-order valence-electron chi connectivity index (χ1n) is 42.0. The van der Waals surface area contributed by atoms with Crippen LogP contribution in [0.15, 0.2) is 146 Å². The standard InChI is InChI=1S/C91H158NO8P/c1-6-8-10-12-14-16-18-20-22-24-26-28-30-32-34-36-38-40-42-44-45-46-47-48-50-52-54-56-58-60-62-64-66-68-70-72-74-76-78-80-82-84-91(94)100-89(88-99-101(95,96)98-86-85-92(3,4)5)87-97-90(93)83-81-79-77-75-73-71-69-67-65-63-61-59-57-55-53-51-49-43-41-39-37-35-33-31-29-27-25-23-21-19-17-15-13-11-9-7-2/h8,10,14,16,20,22,26,28,32,34,38,40,44-45,47-48,52,54,58,60,64,66,70,72,89H,6-7,9,11-13,15,17-19,21,23-25,27,29-31,33,35-37,39,41-43,46,49-51,53,55-57,59,61-63,65,67-69,71,73-88H2,1-5H3/b10-8-,16-14-,22-20-,28-26-,34-32-,40-38-,45-44-,48-47-,54-52-,60-58-,66-64-,72-70-. The van der Waals surface area contributed by atoms with Crippen LogP contribution < -0.4 is 4.89 Å². The van der Waals surface area contributed by atoms with Crippen LogP contribution in [-0.4, -0.2) is 70.0 Å². The molecule has 0 radical (unpaired) electrons. The van der Waals surface area contributed by atoms with Crippen molar-refractivity contribution in [2.24, 2.45) is 0 Å². The highest BCUT2D eigenvalue weighted by atomic mass is 31.2. The molecule has 0 spiro atoms. The molecule has 0 aromatic rings. The van der Waals surface area contributed by atoms with Crippen LogP contribution in [0, 0.1) is 0 Å². The van der Waals surface area contributed by atoms with E-state index in [-0.39, 0.29) is 32.0 Å². The molecule has 101 heavy (non-hydrogen) atoms. The van der Waals surface area contributed by atoms with Gasteiger partial charge in [0.1, 0.15) is 19.8 Å². The Balaban J connectivity index is 4.04. The molecule has 0 aromatic heterocycles. The number of hydrogen-bond donors (Lipinski definition) is 0. The first kappa shape index (κ1) is 96.9.